The SMILES string of the molecule is Cc1ccc(C(=O)NCCNC(=O)C(=O)c2c(C)nn(C)c2C)cc1F. The highest BCUT2D eigenvalue weighted by Crippen LogP contribution is 2.12. The molecule has 7 nitrogen and oxygen atoms in total. The molecule has 2 rings (SSSR count). The number of hydrogen-bond acceptors (Lipinski definition) is 4. The summed E-state index contributed by atoms with van der Waals surface area (Å²) in [5.74, 6) is -2.35. The van der Waals surface area contributed by atoms with Crippen LogP contribution in [-0.2, 0) is 11.8 Å². The lowest BCUT2D eigenvalue weighted by atomic mass is 10.1. The van der Waals surface area contributed by atoms with E-state index in [0.29, 0.717) is 17.0 Å². The van der Waals surface area contributed by atoms with Crippen LogP contribution in [0.2, 0.25) is 0 Å². The number of amides is 2. The van der Waals surface area contributed by atoms with Crippen molar-refractivity contribution in [3.63, 3.8) is 0 Å². The van der Waals surface area contributed by atoms with Crippen LogP contribution >= 0.6 is 0 Å². The lowest BCUT2D eigenvalue weighted by Gasteiger charge is -2.08. The van der Waals surface area contributed by atoms with Crippen molar-refractivity contribution in [2.24, 2.45) is 7.05 Å². The van der Waals surface area contributed by atoms with Gasteiger partial charge in [0.2, 0.25) is 0 Å². The molecule has 1 aromatic carbocycles. The number of carbonyl (C=O) groups excluding carboxylic acids is 3. The molecule has 26 heavy (non-hydrogen) atoms. The predicted molar refractivity (Wildman–Crippen MR) is 93.5 cm³/mol. The molecule has 138 valence electrons. The average molecular weight is 360 g/mol. The summed E-state index contributed by atoms with van der Waals surface area (Å²) in [6.45, 7) is 5.16. The fraction of sp³-hybridized carbons (Fsp3) is 0.333. The molecule has 2 amide bonds. The highest BCUT2D eigenvalue weighted by molar-refractivity contribution is 6.43. The Morgan fingerprint density at radius 3 is 2.35 bits per heavy atom. The number of benzene rings is 1. The number of ketones is 1. The van der Waals surface area contributed by atoms with E-state index in [1.165, 1.54) is 16.8 Å². The molecule has 8 heteroatoms. The molecule has 0 aliphatic heterocycles. The lowest BCUT2D eigenvalue weighted by molar-refractivity contribution is -0.116. The number of carbonyl (C=O) groups is 3. The first-order valence-corrected chi connectivity index (χ1v) is 8.09. The number of Topliss-reactive ketones (excluding diaryl/α,β-unsaturated/α-hetero) is 1. The third-order valence-electron chi connectivity index (χ3n) is 4.07. The zero-order valence-electron chi connectivity index (χ0n) is 15.1. The molecule has 0 bridgehead atoms. The van der Waals surface area contributed by atoms with E-state index in [-0.39, 0.29) is 24.2 Å². The van der Waals surface area contributed by atoms with Crippen molar-refractivity contribution in [3.05, 3.63) is 52.1 Å². The Morgan fingerprint density at radius 2 is 1.77 bits per heavy atom. The number of hydrogen-bond donors (Lipinski definition) is 2. The van der Waals surface area contributed by atoms with E-state index in [9.17, 15) is 18.8 Å². The topological polar surface area (TPSA) is 93.1 Å². The molecular formula is C18H21FN4O3. The summed E-state index contributed by atoms with van der Waals surface area (Å²) in [6.07, 6.45) is 0. The summed E-state index contributed by atoms with van der Waals surface area (Å²) in [4.78, 5) is 36.2. The molecule has 0 spiro atoms. The normalized spacial score (nSPS) is 10.5. The maximum absolute atomic E-state index is 13.5. The smallest absolute Gasteiger partial charge is 0.292 e. The van der Waals surface area contributed by atoms with Gasteiger partial charge >= 0.3 is 0 Å². The van der Waals surface area contributed by atoms with E-state index in [0.717, 1.165) is 6.07 Å². The summed E-state index contributed by atoms with van der Waals surface area (Å²) in [5.41, 5.74) is 2.02. The molecule has 0 saturated heterocycles. The Morgan fingerprint density at radius 1 is 1.12 bits per heavy atom. The highest BCUT2D eigenvalue weighted by atomic mass is 19.1. The minimum atomic E-state index is -0.764. The second-order valence-corrected chi connectivity index (χ2v) is 5.97. The molecule has 0 radical (unpaired) electrons. The van der Waals surface area contributed by atoms with Gasteiger partial charge in [-0.15, -0.1) is 0 Å². The number of halogens is 1. The minimum absolute atomic E-state index is 0.0724. The van der Waals surface area contributed by atoms with Crippen molar-refractivity contribution < 1.29 is 18.8 Å². The Labute approximate surface area is 150 Å². The fourth-order valence-electron chi connectivity index (χ4n) is 2.48. The Kier molecular flexibility index (Phi) is 5.86. The summed E-state index contributed by atoms with van der Waals surface area (Å²) >= 11 is 0. The van der Waals surface area contributed by atoms with Crippen molar-refractivity contribution in [2.75, 3.05) is 13.1 Å². The van der Waals surface area contributed by atoms with Gasteiger partial charge in [-0.3, -0.25) is 19.1 Å². The molecular weight excluding hydrogens is 339 g/mol. The third kappa shape index (κ3) is 4.14. The van der Waals surface area contributed by atoms with Gasteiger partial charge in [0, 0.05) is 31.4 Å². The monoisotopic (exact) mass is 360 g/mol. The summed E-state index contributed by atoms with van der Waals surface area (Å²) < 4.78 is 15.0. The van der Waals surface area contributed by atoms with Crippen molar-refractivity contribution in [2.45, 2.75) is 20.8 Å². The number of nitrogens with zero attached hydrogens (tertiary/aromatic N) is 2. The van der Waals surface area contributed by atoms with Gasteiger partial charge in [0.15, 0.2) is 0 Å². The van der Waals surface area contributed by atoms with Crippen LogP contribution < -0.4 is 10.6 Å². The first-order valence-electron chi connectivity index (χ1n) is 8.09. The quantitative estimate of drug-likeness (QED) is 0.460. The van der Waals surface area contributed by atoms with Crippen LogP contribution in [0, 0.1) is 26.6 Å². The van der Waals surface area contributed by atoms with Gasteiger partial charge in [-0.25, -0.2) is 4.39 Å². The lowest BCUT2D eigenvalue weighted by Crippen LogP contribution is -2.38. The van der Waals surface area contributed by atoms with E-state index >= 15 is 0 Å². The van der Waals surface area contributed by atoms with Gasteiger partial charge in [0.05, 0.1) is 11.3 Å². The highest BCUT2D eigenvalue weighted by Gasteiger charge is 2.23. The molecule has 0 fully saturated rings. The fourth-order valence-corrected chi connectivity index (χ4v) is 2.48. The maximum atomic E-state index is 13.5. The van der Waals surface area contributed by atoms with Crippen molar-refractivity contribution >= 4 is 17.6 Å². The summed E-state index contributed by atoms with van der Waals surface area (Å²) in [7, 11) is 1.69. The van der Waals surface area contributed by atoms with Crippen LogP contribution in [0.15, 0.2) is 18.2 Å². The van der Waals surface area contributed by atoms with Crippen LogP contribution in [0.5, 0.6) is 0 Å². The molecule has 0 saturated carbocycles. The van der Waals surface area contributed by atoms with E-state index < -0.39 is 23.4 Å². The van der Waals surface area contributed by atoms with E-state index in [2.05, 4.69) is 15.7 Å². The third-order valence-corrected chi connectivity index (χ3v) is 4.07. The van der Waals surface area contributed by atoms with Crippen molar-refractivity contribution in [3.8, 4) is 0 Å². The molecule has 0 unspecified atom stereocenters. The van der Waals surface area contributed by atoms with E-state index in [1.807, 2.05) is 0 Å². The van der Waals surface area contributed by atoms with Crippen LogP contribution in [-0.4, -0.2) is 40.5 Å². The molecule has 0 aliphatic rings. The van der Waals surface area contributed by atoms with Gasteiger partial charge in [-0.1, -0.05) is 6.07 Å². The zero-order valence-corrected chi connectivity index (χ0v) is 15.1. The Bertz CT molecular complexity index is 874. The maximum Gasteiger partial charge on any atom is 0.292 e. The molecule has 0 atom stereocenters. The van der Waals surface area contributed by atoms with Crippen LogP contribution in [0.3, 0.4) is 0 Å². The number of nitrogens with one attached hydrogen (secondary N) is 2. The molecule has 2 N–H and O–H groups in total. The largest absolute Gasteiger partial charge is 0.350 e. The first kappa shape index (κ1) is 19.3. The number of aryl methyl sites for hydroxylation is 3. The molecule has 0 aliphatic carbocycles. The molecule has 1 aromatic heterocycles. The van der Waals surface area contributed by atoms with Gasteiger partial charge in [-0.2, -0.15) is 5.10 Å². The van der Waals surface area contributed by atoms with Crippen molar-refractivity contribution in [1.82, 2.24) is 20.4 Å². The predicted octanol–water partition coefficient (Wildman–Crippen LogP) is 1.21. The molecule has 2 aromatic rings. The number of aromatic nitrogens is 2. The van der Waals surface area contributed by atoms with E-state index in [1.54, 1.807) is 27.8 Å². The standard InChI is InChI=1S/C18H21FN4O3/c1-10-5-6-13(9-14(10)19)17(25)20-7-8-21-18(26)16(24)15-11(2)22-23(4)12(15)3/h5-6,9H,7-8H2,1-4H3,(H,20,25)(H,21,26). The van der Waals surface area contributed by atoms with Crippen LogP contribution in [0.25, 0.3) is 0 Å². The zero-order chi connectivity index (χ0) is 19.4. The van der Waals surface area contributed by atoms with Crippen molar-refractivity contribution in [1.29, 1.82) is 0 Å². The molecule has 1 heterocycles. The van der Waals surface area contributed by atoms with Gasteiger partial charge in [-0.05, 0) is 38.5 Å². The Hall–Kier alpha value is -3.03. The summed E-state index contributed by atoms with van der Waals surface area (Å²) in [5, 5.41) is 9.12. The van der Waals surface area contributed by atoms with Gasteiger partial charge in [0.25, 0.3) is 17.6 Å². The van der Waals surface area contributed by atoms with Gasteiger partial charge < -0.3 is 10.6 Å². The average Bonchev–Trinajstić information content (AvgIpc) is 2.85. The second-order valence-electron chi connectivity index (χ2n) is 5.97. The van der Waals surface area contributed by atoms with Crippen LogP contribution in [0.1, 0.15) is 37.7 Å². The second kappa shape index (κ2) is 7.90. The minimum Gasteiger partial charge on any atom is -0.350 e. The first-order chi connectivity index (χ1) is 12.2. The number of rotatable bonds is 6. The van der Waals surface area contributed by atoms with Gasteiger partial charge in [0.1, 0.15) is 5.82 Å². The summed E-state index contributed by atoms with van der Waals surface area (Å²) in [6, 6.07) is 4.19. The Balaban J connectivity index is 1.85. The van der Waals surface area contributed by atoms with Crippen LogP contribution in [0.4, 0.5) is 4.39 Å². The van der Waals surface area contributed by atoms with E-state index in [4.69, 9.17) is 0 Å².